The highest BCUT2D eigenvalue weighted by Gasteiger charge is 2.07. The first-order valence-electron chi connectivity index (χ1n) is 5.21. The fraction of sp³-hybridized carbons (Fsp3) is 0.0714. The maximum absolute atomic E-state index is 11.2. The quantitative estimate of drug-likeness (QED) is 0.777. The van der Waals surface area contributed by atoms with E-state index in [2.05, 4.69) is 0 Å². The highest BCUT2D eigenvalue weighted by atomic mass is 16.3. The monoisotopic (exact) mass is 228 g/mol. The molecule has 17 heavy (non-hydrogen) atoms. The molecule has 0 aliphatic rings. The molecule has 2 aromatic carbocycles. The molecular weight excluding hydrogens is 216 g/mol. The predicted molar refractivity (Wildman–Crippen MR) is 65.2 cm³/mol. The average Bonchev–Trinajstić information content (AvgIpc) is 2.29. The van der Waals surface area contributed by atoms with Crippen LogP contribution in [0.4, 0.5) is 0 Å². The van der Waals surface area contributed by atoms with Gasteiger partial charge in [0.2, 0.25) is 0 Å². The van der Waals surface area contributed by atoms with E-state index >= 15 is 0 Å². The fourth-order valence-electron chi connectivity index (χ4n) is 1.66. The number of aromatic hydroxyl groups is 2. The number of phenols is 2. The van der Waals surface area contributed by atoms with Crippen LogP contribution < -0.4 is 0 Å². The average molecular weight is 228 g/mol. The Hall–Kier alpha value is -2.29. The van der Waals surface area contributed by atoms with Crippen molar-refractivity contribution in [2.45, 2.75) is 6.92 Å². The highest BCUT2D eigenvalue weighted by Crippen LogP contribution is 2.27. The van der Waals surface area contributed by atoms with Gasteiger partial charge in [-0.15, -0.1) is 0 Å². The third-order valence-corrected chi connectivity index (χ3v) is 2.58. The second-order valence-corrected chi connectivity index (χ2v) is 3.83. The lowest BCUT2D eigenvalue weighted by atomic mass is 10.0. The van der Waals surface area contributed by atoms with Crippen LogP contribution in [0.15, 0.2) is 42.5 Å². The van der Waals surface area contributed by atoms with E-state index in [0.717, 1.165) is 11.1 Å². The van der Waals surface area contributed by atoms with Crippen molar-refractivity contribution in [2.75, 3.05) is 0 Å². The van der Waals surface area contributed by atoms with Gasteiger partial charge in [0.1, 0.15) is 11.5 Å². The number of carbonyl (C=O) groups is 1. The standard InChI is InChI=1S/C14H12O3/c1-9(15)13-7-4-11(8-14(13)17)10-2-5-12(16)6-3-10/h2-8,16-17H,1H3. The van der Waals surface area contributed by atoms with Crippen LogP contribution in [-0.4, -0.2) is 16.0 Å². The van der Waals surface area contributed by atoms with E-state index in [-0.39, 0.29) is 17.3 Å². The van der Waals surface area contributed by atoms with Gasteiger partial charge in [-0.2, -0.15) is 0 Å². The first-order valence-corrected chi connectivity index (χ1v) is 5.21. The van der Waals surface area contributed by atoms with Crippen LogP contribution in [0.3, 0.4) is 0 Å². The van der Waals surface area contributed by atoms with Gasteiger partial charge in [0.25, 0.3) is 0 Å². The molecule has 0 radical (unpaired) electrons. The summed E-state index contributed by atoms with van der Waals surface area (Å²) >= 11 is 0. The van der Waals surface area contributed by atoms with Gasteiger partial charge in [-0.1, -0.05) is 18.2 Å². The van der Waals surface area contributed by atoms with Crippen LogP contribution >= 0.6 is 0 Å². The number of carbonyl (C=O) groups excluding carboxylic acids is 1. The van der Waals surface area contributed by atoms with Gasteiger partial charge in [-0.25, -0.2) is 0 Å². The van der Waals surface area contributed by atoms with Crippen LogP contribution in [0, 0.1) is 0 Å². The second kappa shape index (κ2) is 4.29. The normalized spacial score (nSPS) is 10.2. The molecule has 3 nitrogen and oxygen atoms in total. The van der Waals surface area contributed by atoms with Gasteiger partial charge in [0, 0.05) is 0 Å². The number of Topliss-reactive ketones (excluding diaryl/α,β-unsaturated/α-hetero) is 1. The molecule has 0 amide bonds. The summed E-state index contributed by atoms with van der Waals surface area (Å²) in [6.07, 6.45) is 0. The Morgan fingerprint density at radius 3 is 2.06 bits per heavy atom. The molecule has 0 saturated carbocycles. The molecule has 0 aromatic heterocycles. The maximum Gasteiger partial charge on any atom is 0.163 e. The lowest BCUT2D eigenvalue weighted by Gasteiger charge is -2.05. The number of rotatable bonds is 2. The largest absolute Gasteiger partial charge is 0.508 e. The highest BCUT2D eigenvalue weighted by molar-refractivity contribution is 5.97. The van der Waals surface area contributed by atoms with Crippen molar-refractivity contribution in [2.24, 2.45) is 0 Å². The van der Waals surface area contributed by atoms with Crippen LogP contribution in [0.5, 0.6) is 11.5 Å². The predicted octanol–water partition coefficient (Wildman–Crippen LogP) is 2.97. The van der Waals surface area contributed by atoms with E-state index in [4.69, 9.17) is 0 Å². The minimum absolute atomic E-state index is 0.0249. The summed E-state index contributed by atoms with van der Waals surface area (Å²) in [5.41, 5.74) is 1.98. The van der Waals surface area contributed by atoms with Crippen molar-refractivity contribution >= 4 is 5.78 Å². The first kappa shape index (κ1) is 11.2. The van der Waals surface area contributed by atoms with E-state index in [0.29, 0.717) is 5.56 Å². The van der Waals surface area contributed by atoms with Gasteiger partial charge >= 0.3 is 0 Å². The van der Waals surface area contributed by atoms with Crippen LogP contribution in [0.25, 0.3) is 11.1 Å². The van der Waals surface area contributed by atoms with Crippen LogP contribution in [0.1, 0.15) is 17.3 Å². The topological polar surface area (TPSA) is 57.5 Å². The van der Waals surface area contributed by atoms with Gasteiger partial charge in [-0.3, -0.25) is 4.79 Å². The molecule has 0 aliphatic carbocycles. The minimum Gasteiger partial charge on any atom is -0.508 e. The molecule has 2 aromatic rings. The number of ketones is 1. The summed E-state index contributed by atoms with van der Waals surface area (Å²) in [4.78, 5) is 11.2. The van der Waals surface area contributed by atoms with E-state index < -0.39 is 0 Å². The third-order valence-electron chi connectivity index (χ3n) is 2.58. The number of hydrogen-bond acceptors (Lipinski definition) is 3. The third kappa shape index (κ3) is 2.28. The molecule has 0 unspecified atom stereocenters. The number of hydrogen-bond donors (Lipinski definition) is 2. The molecule has 0 atom stereocenters. The van der Waals surface area contributed by atoms with Crippen LogP contribution in [-0.2, 0) is 0 Å². The Morgan fingerprint density at radius 1 is 0.941 bits per heavy atom. The van der Waals surface area contributed by atoms with Crippen molar-refractivity contribution in [3.8, 4) is 22.6 Å². The Kier molecular flexibility index (Phi) is 2.83. The molecule has 0 heterocycles. The molecule has 0 saturated heterocycles. The van der Waals surface area contributed by atoms with Gasteiger partial charge in [-0.05, 0) is 42.3 Å². The van der Waals surface area contributed by atoms with E-state index in [1.807, 2.05) is 0 Å². The fourth-order valence-corrected chi connectivity index (χ4v) is 1.66. The molecule has 3 heteroatoms. The summed E-state index contributed by atoms with van der Waals surface area (Å²) < 4.78 is 0. The zero-order valence-corrected chi connectivity index (χ0v) is 9.34. The Bertz CT molecular complexity index is 556. The smallest absolute Gasteiger partial charge is 0.163 e. The summed E-state index contributed by atoms with van der Waals surface area (Å²) in [6.45, 7) is 1.41. The minimum atomic E-state index is -0.167. The summed E-state index contributed by atoms with van der Waals surface area (Å²) in [5.74, 6) is 0.00107. The number of phenolic OH excluding ortho intramolecular Hbond substituents is 2. The molecule has 2 rings (SSSR count). The van der Waals surface area contributed by atoms with Crippen molar-refractivity contribution < 1.29 is 15.0 Å². The molecule has 0 aliphatic heterocycles. The van der Waals surface area contributed by atoms with Gasteiger partial charge < -0.3 is 10.2 Å². The molecule has 0 spiro atoms. The summed E-state index contributed by atoms with van der Waals surface area (Å²) in [6, 6.07) is 11.6. The maximum atomic E-state index is 11.2. The Labute approximate surface area is 99.0 Å². The van der Waals surface area contributed by atoms with Gasteiger partial charge in [0.15, 0.2) is 5.78 Å². The first-order chi connectivity index (χ1) is 8.08. The zero-order valence-electron chi connectivity index (χ0n) is 9.34. The van der Waals surface area contributed by atoms with Crippen LogP contribution in [0.2, 0.25) is 0 Å². The van der Waals surface area contributed by atoms with E-state index in [1.54, 1.807) is 42.5 Å². The van der Waals surface area contributed by atoms with Crippen molar-refractivity contribution in [1.82, 2.24) is 0 Å². The Morgan fingerprint density at radius 2 is 1.53 bits per heavy atom. The lowest BCUT2D eigenvalue weighted by Crippen LogP contribution is -1.92. The van der Waals surface area contributed by atoms with Crippen molar-refractivity contribution in [3.63, 3.8) is 0 Å². The Balaban J connectivity index is 2.44. The van der Waals surface area contributed by atoms with Gasteiger partial charge in [0.05, 0.1) is 5.56 Å². The zero-order chi connectivity index (χ0) is 12.4. The van der Waals surface area contributed by atoms with Crippen molar-refractivity contribution in [1.29, 1.82) is 0 Å². The summed E-state index contributed by atoms with van der Waals surface area (Å²) in [5, 5.41) is 18.9. The second-order valence-electron chi connectivity index (χ2n) is 3.83. The SMILES string of the molecule is CC(=O)c1ccc(-c2ccc(O)cc2)cc1O. The van der Waals surface area contributed by atoms with E-state index in [1.165, 1.54) is 6.92 Å². The molecular formula is C14H12O3. The molecule has 2 N–H and O–H groups in total. The molecule has 0 bridgehead atoms. The van der Waals surface area contributed by atoms with Crippen molar-refractivity contribution in [3.05, 3.63) is 48.0 Å². The lowest BCUT2D eigenvalue weighted by molar-refractivity contribution is 0.101. The van der Waals surface area contributed by atoms with E-state index in [9.17, 15) is 15.0 Å². The summed E-state index contributed by atoms with van der Waals surface area (Å²) in [7, 11) is 0. The molecule has 86 valence electrons. The molecule has 0 fully saturated rings. The number of benzene rings is 2.